The molecule has 1 rings (SSSR count). The molecule has 0 aliphatic heterocycles. The zero-order valence-electron chi connectivity index (χ0n) is 7.24. The number of thiol groups is 1. The summed E-state index contributed by atoms with van der Waals surface area (Å²) in [4.78, 5) is 11.5. The molecule has 0 amide bonds. The van der Waals surface area contributed by atoms with Crippen LogP contribution in [0.15, 0.2) is 17.0 Å². The third-order valence-electron chi connectivity index (χ3n) is 1.60. The smallest absolute Gasteiger partial charge is 0.337 e. The van der Waals surface area contributed by atoms with Crippen molar-refractivity contribution in [2.24, 2.45) is 0 Å². The minimum Gasteiger partial charge on any atom is -0.465 e. The number of carbonyl (C=O) groups is 1. The van der Waals surface area contributed by atoms with Crippen molar-refractivity contribution in [3.05, 3.63) is 28.3 Å². The second-order valence-electron chi connectivity index (χ2n) is 2.46. The van der Waals surface area contributed by atoms with Crippen molar-refractivity contribution in [1.82, 2.24) is 0 Å². The lowest BCUT2D eigenvalue weighted by molar-refractivity contribution is 0.0600. The van der Waals surface area contributed by atoms with Gasteiger partial charge >= 0.3 is 5.97 Å². The Morgan fingerprint density at radius 1 is 1.64 bits per heavy atom. The Labute approximate surface area is 91.7 Å². The molecule has 0 aliphatic carbocycles. The van der Waals surface area contributed by atoms with Crippen molar-refractivity contribution in [3.63, 3.8) is 0 Å². The Morgan fingerprint density at radius 2 is 2.29 bits per heavy atom. The Hall–Kier alpha value is -1.18. The number of rotatable bonds is 1. The maximum absolute atomic E-state index is 11.1. The summed E-state index contributed by atoms with van der Waals surface area (Å²) in [5, 5.41) is 8.97. The van der Waals surface area contributed by atoms with E-state index in [1.807, 2.05) is 6.07 Å². The first kappa shape index (κ1) is 10.9. The van der Waals surface area contributed by atoms with E-state index in [0.29, 0.717) is 4.90 Å². The first-order valence-corrected chi connectivity index (χ1v) is 4.43. The van der Waals surface area contributed by atoms with Crippen LogP contribution in [0.5, 0.6) is 0 Å². The Balaban J connectivity index is 3.32. The van der Waals surface area contributed by atoms with E-state index >= 15 is 0 Å². The van der Waals surface area contributed by atoms with Crippen molar-refractivity contribution < 1.29 is 9.53 Å². The number of carbonyl (C=O) groups excluding carboxylic acids is 1. The molecule has 5 heteroatoms. The fraction of sp³-hybridized carbons (Fsp3) is 0.111. The van der Waals surface area contributed by atoms with Gasteiger partial charge in [0.25, 0.3) is 0 Å². The normalized spacial score (nSPS) is 9.29. The minimum atomic E-state index is -0.531. The first-order valence-electron chi connectivity index (χ1n) is 3.61. The molecule has 0 fully saturated rings. The molecular formula is C9H6ClNO2S. The number of esters is 1. The van der Waals surface area contributed by atoms with Crippen LogP contribution in [-0.2, 0) is 4.74 Å². The number of hydrogen-bond acceptors (Lipinski definition) is 4. The highest BCUT2D eigenvalue weighted by Crippen LogP contribution is 2.25. The van der Waals surface area contributed by atoms with Crippen LogP contribution in [0.4, 0.5) is 0 Å². The van der Waals surface area contributed by atoms with E-state index in [4.69, 9.17) is 16.9 Å². The van der Waals surface area contributed by atoms with Gasteiger partial charge in [-0.15, -0.1) is 12.6 Å². The number of ether oxygens (including phenoxy) is 1. The number of hydrogen-bond donors (Lipinski definition) is 1. The fourth-order valence-electron chi connectivity index (χ4n) is 0.920. The molecular weight excluding hydrogens is 222 g/mol. The lowest BCUT2D eigenvalue weighted by Gasteiger charge is -2.03. The van der Waals surface area contributed by atoms with E-state index in [1.165, 1.54) is 19.2 Å². The molecule has 0 radical (unpaired) electrons. The second-order valence-corrected chi connectivity index (χ2v) is 3.31. The standard InChI is InChI=1S/C9H6ClNO2S/c1-13-9(12)5-2-6(4-11)8(14)7(10)3-5/h2-3,14H,1H3. The maximum atomic E-state index is 11.1. The molecule has 0 aliphatic rings. The van der Waals surface area contributed by atoms with Crippen molar-refractivity contribution in [3.8, 4) is 6.07 Å². The summed E-state index contributed by atoms with van der Waals surface area (Å²) < 4.78 is 4.50. The van der Waals surface area contributed by atoms with Crippen LogP contribution in [0.1, 0.15) is 15.9 Å². The number of benzene rings is 1. The maximum Gasteiger partial charge on any atom is 0.337 e. The van der Waals surface area contributed by atoms with Crippen molar-refractivity contribution in [2.45, 2.75) is 4.90 Å². The van der Waals surface area contributed by atoms with Gasteiger partial charge in [-0.3, -0.25) is 0 Å². The van der Waals surface area contributed by atoms with Crippen LogP contribution >= 0.6 is 24.2 Å². The van der Waals surface area contributed by atoms with Gasteiger partial charge in [0, 0.05) is 4.90 Å². The van der Waals surface area contributed by atoms with Gasteiger partial charge in [-0.25, -0.2) is 4.79 Å². The zero-order chi connectivity index (χ0) is 10.7. The molecule has 0 saturated carbocycles. The van der Waals surface area contributed by atoms with Gasteiger partial charge in [-0.2, -0.15) is 5.26 Å². The molecule has 0 bridgehead atoms. The lowest BCUT2D eigenvalue weighted by atomic mass is 10.1. The molecule has 0 aromatic heterocycles. The van der Waals surface area contributed by atoms with E-state index in [9.17, 15) is 4.79 Å². The first-order chi connectivity index (χ1) is 6.60. The molecule has 3 nitrogen and oxygen atoms in total. The molecule has 0 unspecified atom stereocenters. The zero-order valence-corrected chi connectivity index (χ0v) is 8.89. The number of nitrogens with zero attached hydrogens (tertiary/aromatic N) is 1. The van der Waals surface area contributed by atoms with Crippen LogP contribution in [-0.4, -0.2) is 13.1 Å². The third-order valence-corrected chi connectivity index (χ3v) is 2.52. The highest BCUT2D eigenvalue weighted by molar-refractivity contribution is 7.80. The van der Waals surface area contributed by atoms with Gasteiger partial charge in [-0.1, -0.05) is 11.6 Å². The van der Waals surface area contributed by atoms with E-state index in [-0.39, 0.29) is 16.1 Å². The monoisotopic (exact) mass is 227 g/mol. The van der Waals surface area contributed by atoms with Gasteiger partial charge in [0.05, 0.1) is 23.3 Å². The number of methoxy groups -OCH3 is 1. The van der Waals surface area contributed by atoms with Crippen molar-refractivity contribution in [1.29, 1.82) is 5.26 Å². The van der Waals surface area contributed by atoms with Gasteiger partial charge < -0.3 is 4.74 Å². The van der Waals surface area contributed by atoms with E-state index in [0.717, 1.165) is 0 Å². The summed E-state index contributed by atoms with van der Waals surface area (Å²) >= 11 is 9.79. The molecule has 0 spiro atoms. The number of nitriles is 1. The summed E-state index contributed by atoms with van der Waals surface area (Å²) in [7, 11) is 1.26. The molecule has 14 heavy (non-hydrogen) atoms. The Kier molecular flexibility index (Phi) is 3.39. The SMILES string of the molecule is COC(=O)c1cc(Cl)c(S)c(C#N)c1. The Morgan fingerprint density at radius 3 is 2.79 bits per heavy atom. The number of halogens is 1. The summed E-state index contributed by atoms with van der Waals surface area (Å²) in [5.74, 6) is -0.531. The topological polar surface area (TPSA) is 50.1 Å². The Bertz CT molecular complexity index is 426. The van der Waals surface area contributed by atoms with E-state index < -0.39 is 5.97 Å². The fourth-order valence-corrected chi connectivity index (χ4v) is 1.32. The average molecular weight is 228 g/mol. The predicted octanol–water partition coefficient (Wildman–Crippen LogP) is 2.29. The molecule has 72 valence electrons. The molecule has 0 heterocycles. The van der Waals surface area contributed by atoms with Crippen molar-refractivity contribution in [2.75, 3.05) is 7.11 Å². The van der Waals surface area contributed by atoms with Gasteiger partial charge in [0.1, 0.15) is 6.07 Å². The molecule has 0 N–H and O–H groups in total. The third kappa shape index (κ3) is 2.00. The van der Waals surface area contributed by atoms with Crippen LogP contribution in [0.3, 0.4) is 0 Å². The van der Waals surface area contributed by atoms with Crippen LogP contribution in [0, 0.1) is 11.3 Å². The molecule has 1 aromatic rings. The largest absolute Gasteiger partial charge is 0.465 e. The van der Waals surface area contributed by atoms with Crippen molar-refractivity contribution >= 4 is 30.2 Å². The molecule has 0 saturated heterocycles. The summed E-state index contributed by atoms with van der Waals surface area (Å²) in [6, 6.07) is 4.69. The van der Waals surface area contributed by atoms with E-state index in [1.54, 1.807) is 0 Å². The minimum absolute atomic E-state index is 0.242. The average Bonchev–Trinajstić information content (AvgIpc) is 2.20. The summed E-state index contributed by atoms with van der Waals surface area (Å²) in [6.07, 6.45) is 0. The predicted molar refractivity (Wildman–Crippen MR) is 54.8 cm³/mol. The summed E-state index contributed by atoms with van der Waals surface area (Å²) in [6.45, 7) is 0. The van der Waals surface area contributed by atoms with Gasteiger partial charge in [0.2, 0.25) is 0 Å². The van der Waals surface area contributed by atoms with Crippen LogP contribution < -0.4 is 0 Å². The molecule has 0 atom stereocenters. The van der Waals surface area contributed by atoms with Gasteiger partial charge in [0.15, 0.2) is 0 Å². The highest BCUT2D eigenvalue weighted by Gasteiger charge is 2.11. The summed E-state index contributed by atoms with van der Waals surface area (Å²) in [5.41, 5.74) is 0.494. The quantitative estimate of drug-likeness (QED) is 0.592. The van der Waals surface area contributed by atoms with Crippen LogP contribution in [0.25, 0.3) is 0 Å². The lowest BCUT2D eigenvalue weighted by Crippen LogP contribution is -2.01. The van der Waals surface area contributed by atoms with E-state index in [2.05, 4.69) is 17.4 Å². The van der Waals surface area contributed by atoms with Gasteiger partial charge in [-0.05, 0) is 12.1 Å². The van der Waals surface area contributed by atoms with Crippen LogP contribution in [0.2, 0.25) is 5.02 Å². The molecule has 1 aromatic carbocycles. The second kappa shape index (κ2) is 4.36. The highest BCUT2D eigenvalue weighted by atomic mass is 35.5.